The molecule has 0 saturated carbocycles. The molecule has 0 spiro atoms. The van der Waals surface area contributed by atoms with Crippen molar-refractivity contribution >= 4 is 11.8 Å². The van der Waals surface area contributed by atoms with E-state index >= 15 is 0 Å². The van der Waals surface area contributed by atoms with Crippen LogP contribution in [0.3, 0.4) is 0 Å². The van der Waals surface area contributed by atoms with E-state index in [1.54, 1.807) is 43.4 Å². The highest BCUT2D eigenvalue weighted by molar-refractivity contribution is 5.88. The maximum atomic E-state index is 13.2. The normalized spacial score (nSPS) is 11.9. The fourth-order valence-corrected chi connectivity index (χ4v) is 3.24. The summed E-state index contributed by atoms with van der Waals surface area (Å²) in [7, 11) is 3.18. The largest absolute Gasteiger partial charge is 0.497 e. The molecule has 174 valence electrons. The number of amides is 2. The van der Waals surface area contributed by atoms with E-state index in [4.69, 9.17) is 14.2 Å². The van der Waals surface area contributed by atoms with Gasteiger partial charge in [-0.2, -0.15) is 0 Å². The molecule has 0 heterocycles. The molecule has 0 unspecified atom stereocenters. The molecule has 0 bridgehead atoms. The first-order chi connectivity index (χ1) is 15.2. The molecule has 2 amide bonds. The van der Waals surface area contributed by atoms with E-state index in [0.29, 0.717) is 23.7 Å². The predicted octanol–water partition coefficient (Wildman–Crippen LogP) is 3.80. The lowest BCUT2D eigenvalue weighted by molar-refractivity contribution is -0.143. The Labute approximate surface area is 190 Å². The summed E-state index contributed by atoms with van der Waals surface area (Å²) in [6.07, 6.45) is 0.472. The van der Waals surface area contributed by atoms with Gasteiger partial charge in [0.1, 0.15) is 23.3 Å². The zero-order valence-corrected chi connectivity index (χ0v) is 19.8. The van der Waals surface area contributed by atoms with Crippen molar-refractivity contribution in [2.45, 2.75) is 52.2 Å². The summed E-state index contributed by atoms with van der Waals surface area (Å²) in [5, 5.41) is 2.99. The Hall–Kier alpha value is -3.22. The van der Waals surface area contributed by atoms with Crippen LogP contribution in [0.4, 0.5) is 0 Å². The Kier molecular flexibility index (Phi) is 8.93. The zero-order valence-electron chi connectivity index (χ0n) is 19.8. The fourth-order valence-electron chi connectivity index (χ4n) is 3.24. The number of nitrogens with zero attached hydrogens (tertiary/aromatic N) is 1. The van der Waals surface area contributed by atoms with Crippen molar-refractivity contribution < 1.29 is 23.8 Å². The summed E-state index contributed by atoms with van der Waals surface area (Å²) in [5.41, 5.74) is 0.457. The summed E-state index contributed by atoms with van der Waals surface area (Å²) < 4.78 is 16.2. The van der Waals surface area contributed by atoms with E-state index in [1.807, 2.05) is 52.0 Å². The minimum Gasteiger partial charge on any atom is -0.497 e. The highest BCUT2D eigenvalue weighted by atomic mass is 16.5. The molecule has 2 rings (SSSR count). The average Bonchev–Trinajstić information content (AvgIpc) is 2.76. The molecule has 1 N–H and O–H groups in total. The molecule has 2 aromatic rings. The van der Waals surface area contributed by atoms with Crippen molar-refractivity contribution in [2.75, 3.05) is 20.8 Å². The van der Waals surface area contributed by atoms with E-state index in [-0.39, 0.29) is 25.0 Å². The van der Waals surface area contributed by atoms with Crippen molar-refractivity contribution in [3.8, 4) is 17.2 Å². The van der Waals surface area contributed by atoms with Crippen molar-refractivity contribution in [3.63, 3.8) is 0 Å². The molecule has 32 heavy (non-hydrogen) atoms. The number of benzene rings is 2. The number of nitrogens with one attached hydrogen (secondary N) is 1. The van der Waals surface area contributed by atoms with Crippen molar-refractivity contribution in [2.24, 2.45) is 0 Å². The van der Waals surface area contributed by atoms with Gasteiger partial charge in [-0.15, -0.1) is 0 Å². The maximum Gasteiger partial charge on any atom is 0.261 e. The third-order valence-electron chi connectivity index (χ3n) is 4.79. The molecule has 7 nitrogen and oxygen atoms in total. The van der Waals surface area contributed by atoms with Gasteiger partial charge >= 0.3 is 0 Å². The van der Waals surface area contributed by atoms with Crippen molar-refractivity contribution in [1.82, 2.24) is 10.2 Å². The summed E-state index contributed by atoms with van der Waals surface area (Å²) >= 11 is 0. The van der Waals surface area contributed by atoms with Crippen LogP contribution in [0.1, 0.15) is 39.7 Å². The van der Waals surface area contributed by atoms with Crippen LogP contribution >= 0.6 is 0 Å². The van der Waals surface area contributed by atoms with E-state index in [9.17, 15) is 9.59 Å². The highest BCUT2D eigenvalue weighted by Gasteiger charge is 2.31. The molecule has 0 saturated heterocycles. The number of carbonyl (C=O) groups excluding carboxylic acids is 2. The monoisotopic (exact) mass is 442 g/mol. The molecule has 0 radical (unpaired) electrons. The summed E-state index contributed by atoms with van der Waals surface area (Å²) in [6, 6.07) is 13.8. The van der Waals surface area contributed by atoms with Crippen LogP contribution < -0.4 is 19.5 Å². The fraction of sp³-hybridized carbons (Fsp3) is 0.440. The smallest absolute Gasteiger partial charge is 0.261 e. The van der Waals surface area contributed by atoms with Gasteiger partial charge in [0, 0.05) is 12.1 Å². The molecule has 0 aromatic heterocycles. The second-order valence-electron chi connectivity index (χ2n) is 8.50. The molecule has 7 heteroatoms. The lowest BCUT2D eigenvalue weighted by Crippen LogP contribution is -2.54. The number of rotatable bonds is 10. The number of hydrogen-bond donors (Lipinski definition) is 1. The Balaban J connectivity index is 2.23. The summed E-state index contributed by atoms with van der Waals surface area (Å²) in [4.78, 5) is 27.8. The third kappa shape index (κ3) is 7.48. The van der Waals surface area contributed by atoms with Gasteiger partial charge in [-0.1, -0.05) is 19.1 Å². The van der Waals surface area contributed by atoms with Gasteiger partial charge in [0.05, 0.1) is 14.2 Å². The first-order valence-corrected chi connectivity index (χ1v) is 10.7. The lowest BCUT2D eigenvalue weighted by atomic mass is 10.1. The molecule has 2 aromatic carbocycles. The van der Waals surface area contributed by atoms with E-state index < -0.39 is 11.6 Å². The average molecular weight is 443 g/mol. The topological polar surface area (TPSA) is 77.1 Å². The Bertz CT molecular complexity index is 890. The van der Waals surface area contributed by atoms with E-state index in [2.05, 4.69) is 5.32 Å². The molecular formula is C25H34N2O5. The SMILES string of the molecule is CC[C@H](C(=O)NC(C)(C)C)N(Cc1cccc(OC)c1)C(=O)COc1ccc(OC)cc1. The second kappa shape index (κ2) is 11.4. The third-order valence-corrected chi connectivity index (χ3v) is 4.79. The van der Waals surface area contributed by atoms with Crippen LogP contribution in [0.2, 0.25) is 0 Å². The minimum atomic E-state index is -0.632. The molecule has 0 aliphatic carbocycles. The van der Waals surface area contributed by atoms with Gasteiger partial charge in [0.25, 0.3) is 5.91 Å². The van der Waals surface area contributed by atoms with Crippen LogP contribution in [0.5, 0.6) is 17.2 Å². The highest BCUT2D eigenvalue weighted by Crippen LogP contribution is 2.20. The predicted molar refractivity (Wildman–Crippen MR) is 124 cm³/mol. The number of carbonyl (C=O) groups is 2. The quantitative estimate of drug-likeness (QED) is 0.606. The number of hydrogen-bond acceptors (Lipinski definition) is 5. The second-order valence-corrected chi connectivity index (χ2v) is 8.50. The molecule has 0 aliphatic rings. The molecule has 0 aliphatic heterocycles. The van der Waals surface area contributed by atoms with Gasteiger partial charge in [-0.25, -0.2) is 0 Å². The van der Waals surface area contributed by atoms with Crippen LogP contribution in [-0.4, -0.2) is 49.1 Å². The number of methoxy groups -OCH3 is 2. The van der Waals surface area contributed by atoms with Gasteiger partial charge in [0.15, 0.2) is 6.61 Å². The van der Waals surface area contributed by atoms with Gasteiger partial charge < -0.3 is 24.4 Å². The Morgan fingerprint density at radius 3 is 2.16 bits per heavy atom. The first kappa shape index (κ1) is 25.0. The maximum absolute atomic E-state index is 13.2. The van der Waals surface area contributed by atoms with Crippen molar-refractivity contribution in [1.29, 1.82) is 0 Å². The Morgan fingerprint density at radius 1 is 0.969 bits per heavy atom. The van der Waals surface area contributed by atoms with Crippen LogP contribution in [0.25, 0.3) is 0 Å². The molecule has 1 atom stereocenters. The molecule has 0 fully saturated rings. The molecular weight excluding hydrogens is 408 g/mol. The Morgan fingerprint density at radius 2 is 1.59 bits per heavy atom. The summed E-state index contributed by atoms with van der Waals surface area (Å²) in [6.45, 7) is 7.71. The van der Waals surface area contributed by atoms with Gasteiger partial charge in [-0.3, -0.25) is 9.59 Å². The summed E-state index contributed by atoms with van der Waals surface area (Å²) in [5.74, 6) is 1.47. The van der Waals surface area contributed by atoms with Gasteiger partial charge in [0.2, 0.25) is 5.91 Å². The standard InChI is InChI=1S/C25H34N2O5/c1-7-22(24(29)26-25(2,3)4)27(16-18-9-8-10-21(15-18)31-6)23(28)17-32-20-13-11-19(30-5)12-14-20/h8-15,22H,7,16-17H2,1-6H3,(H,26,29)/t22-/m1/s1. The van der Waals surface area contributed by atoms with Crippen LogP contribution in [-0.2, 0) is 16.1 Å². The van der Waals surface area contributed by atoms with E-state index in [1.165, 1.54) is 0 Å². The zero-order chi connectivity index (χ0) is 23.7. The van der Waals surface area contributed by atoms with Crippen molar-refractivity contribution in [3.05, 3.63) is 54.1 Å². The van der Waals surface area contributed by atoms with Crippen LogP contribution in [0, 0.1) is 0 Å². The van der Waals surface area contributed by atoms with Crippen LogP contribution in [0.15, 0.2) is 48.5 Å². The first-order valence-electron chi connectivity index (χ1n) is 10.7. The lowest BCUT2D eigenvalue weighted by Gasteiger charge is -2.33. The van der Waals surface area contributed by atoms with Gasteiger partial charge in [-0.05, 0) is 69.2 Å². The number of ether oxygens (including phenoxy) is 3. The minimum absolute atomic E-state index is 0.185. The van der Waals surface area contributed by atoms with E-state index in [0.717, 1.165) is 5.56 Å².